The maximum Gasteiger partial charge on any atom is 0.336 e. The third-order valence-electron chi connectivity index (χ3n) is 6.51. The van der Waals surface area contributed by atoms with E-state index < -0.39 is 22.7 Å². The van der Waals surface area contributed by atoms with Gasteiger partial charge in [0, 0.05) is 42.3 Å². The van der Waals surface area contributed by atoms with Crippen molar-refractivity contribution in [3.05, 3.63) is 87.1 Å². The lowest BCUT2D eigenvalue weighted by molar-refractivity contribution is -0.384. The van der Waals surface area contributed by atoms with Crippen molar-refractivity contribution in [1.29, 1.82) is 0 Å². The van der Waals surface area contributed by atoms with E-state index in [1.165, 1.54) is 12.1 Å². The number of carbonyl (C=O) groups excluding carboxylic acids is 2. The van der Waals surface area contributed by atoms with Crippen molar-refractivity contribution in [3.63, 3.8) is 0 Å². The van der Waals surface area contributed by atoms with Crippen LogP contribution < -0.4 is 0 Å². The molecule has 1 heterocycles. The maximum absolute atomic E-state index is 13.3. The quantitative estimate of drug-likeness (QED) is 0.335. The summed E-state index contributed by atoms with van der Waals surface area (Å²) < 4.78 is 5.64. The van der Waals surface area contributed by atoms with Gasteiger partial charge in [0.15, 0.2) is 0 Å². The Morgan fingerprint density at radius 1 is 1.09 bits per heavy atom. The van der Waals surface area contributed by atoms with E-state index in [1.54, 1.807) is 19.1 Å². The number of nitro benzene ring substituents is 1. The number of hydrogen-bond donors (Lipinski definition) is 0. The topological polar surface area (TPSA) is 98.9 Å². The fraction of sp³-hybridized carbons (Fsp3) is 0.370. The number of esters is 1. The molecule has 2 unspecified atom stereocenters. The van der Waals surface area contributed by atoms with Gasteiger partial charge in [-0.15, -0.1) is 0 Å². The molecule has 1 aliphatic heterocycles. The van der Waals surface area contributed by atoms with Gasteiger partial charge in [0.25, 0.3) is 5.69 Å². The first-order chi connectivity index (χ1) is 16.2. The van der Waals surface area contributed by atoms with E-state index in [-0.39, 0.29) is 23.5 Å². The summed E-state index contributed by atoms with van der Waals surface area (Å²) in [5.41, 5.74) is 3.13. The molecule has 2 aromatic carbocycles. The van der Waals surface area contributed by atoms with Crippen molar-refractivity contribution in [2.24, 2.45) is 16.3 Å². The summed E-state index contributed by atoms with van der Waals surface area (Å²) >= 11 is 0. The summed E-state index contributed by atoms with van der Waals surface area (Å²) in [6.45, 7) is 6.05. The molecule has 4 rings (SSSR count). The monoisotopic (exact) mass is 460 g/mol. The van der Waals surface area contributed by atoms with E-state index in [2.05, 4.69) is 0 Å². The molecular weight excluding hydrogens is 432 g/mol. The summed E-state index contributed by atoms with van der Waals surface area (Å²) in [5.74, 6) is -1.63. The molecule has 0 amide bonds. The Kier molecular flexibility index (Phi) is 6.46. The summed E-state index contributed by atoms with van der Waals surface area (Å²) in [5, 5.41) is 11.1. The van der Waals surface area contributed by atoms with Crippen molar-refractivity contribution in [2.75, 3.05) is 6.61 Å². The Hall–Kier alpha value is -3.61. The highest BCUT2D eigenvalue weighted by Crippen LogP contribution is 2.47. The van der Waals surface area contributed by atoms with Crippen molar-refractivity contribution in [1.82, 2.24) is 0 Å². The Bertz CT molecular complexity index is 1180. The number of ether oxygens (including phenoxy) is 1. The molecule has 2 aromatic rings. The fourth-order valence-corrected chi connectivity index (χ4v) is 5.01. The van der Waals surface area contributed by atoms with Crippen LogP contribution in [-0.2, 0) is 20.7 Å². The van der Waals surface area contributed by atoms with E-state index >= 15 is 0 Å². The molecule has 7 nitrogen and oxygen atoms in total. The number of benzene rings is 2. The van der Waals surface area contributed by atoms with E-state index in [9.17, 15) is 19.7 Å². The largest absolute Gasteiger partial charge is 0.462 e. The van der Waals surface area contributed by atoms with Gasteiger partial charge in [-0.05, 0) is 29.9 Å². The SMILES string of the molecule is CC1=C(C(=O)OCCc2ccccc2)C(c2ccc([N+](=O)[O-])cc2)C2C(=O)CC(C)(C)CC2=N1. The first kappa shape index (κ1) is 23.5. The van der Waals surface area contributed by atoms with Crippen LogP contribution in [0.1, 0.15) is 50.7 Å². The maximum atomic E-state index is 13.3. The highest BCUT2D eigenvalue weighted by Gasteiger charge is 2.47. The van der Waals surface area contributed by atoms with Crippen LogP contribution in [0.15, 0.2) is 70.9 Å². The van der Waals surface area contributed by atoms with E-state index in [0.29, 0.717) is 36.1 Å². The summed E-state index contributed by atoms with van der Waals surface area (Å²) in [7, 11) is 0. The van der Waals surface area contributed by atoms with Crippen LogP contribution in [0.4, 0.5) is 5.69 Å². The number of hydrogen-bond acceptors (Lipinski definition) is 6. The number of fused-ring (bicyclic) bond motifs is 1. The summed E-state index contributed by atoms with van der Waals surface area (Å²) in [4.78, 5) is 42.0. The number of aliphatic imine (C=N–C) groups is 1. The zero-order valence-electron chi connectivity index (χ0n) is 19.6. The Labute approximate surface area is 198 Å². The van der Waals surface area contributed by atoms with Crippen molar-refractivity contribution >= 4 is 23.2 Å². The number of ketones is 1. The Balaban J connectivity index is 1.68. The number of nitro groups is 1. The lowest BCUT2D eigenvalue weighted by Crippen LogP contribution is -2.44. The van der Waals surface area contributed by atoms with Crippen LogP contribution in [0.25, 0.3) is 0 Å². The minimum atomic E-state index is -0.582. The molecule has 7 heteroatoms. The molecule has 1 aliphatic carbocycles. The third kappa shape index (κ3) is 4.83. The van der Waals surface area contributed by atoms with Crippen molar-refractivity contribution in [3.8, 4) is 0 Å². The van der Waals surface area contributed by atoms with Gasteiger partial charge in [0.1, 0.15) is 5.78 Å². The second-order valence-electron chi connectivity index (χ2n) is 9.76. The molecule has 2 atom stereocenters. The second kappa shape index (κ2) is 9.33. The molecule has 0 spiro atoms. The van der Waals surface area contributed by atoms with Crippen LogP contribution in [0, 0.1) is 21.4 Å². The molecule has 34 heavy (non-hydrogen) atoms. The molecule has 176 valence electrons. The Morgan fingerprint density at radius 3 is 2.41 bits per heavy atom. The number of rotatable bonds is 6. The number of allylic oxidation sites excluding steroid dienone is 1. The van der Waals surface area contributed by atoms with Crippen LogP contribution in [0.3, 0.4) is 0 Å². The van der Waals surface area contributed by atoms with Crippen LogP contribution >= 0.6 is 0 Å². The predicted octanol–water partition coefficient (Wildman–Crippen LogP) is 5.20. The average Bonchev–Trinajstić information content (AvgIpc) is 2.78. The molecule has 0 N–H and O–H groups in total. The first-order valence-electron chi connectivity index (χ1n) is 11.4. The van der Waals surface area contributed by atoms with Gasteiger partial charge in [-0.2, -0.15) is 0 Å². The third-order valence-corrected chi connectivity index (χ3v) is 6.51. The molecule has 1 fully saturated rings. The minimum Gasteiger partial charge on any atom is -0.462 e. The Morgan fingerprint density at radius 2 is 1.76 bits per heavy atom. The van der Waals surface area contributed by atoms with Crippen LogP contribution in [-0.4, -0.2) is 29.0 Å². The van der Waals surface area contributed by atoms with Gasteiger partial charge in [0.2, 0.25) is 0 Å². The molecular formula is C27H28N2O5. The molecule has 0 radical (unpaired) electrons. The van der Waals surface area contributed by atoms with Gasteiger partial charge in [-0.25, -0.2) is 4.79 Å². The fourth-order valence-electron chi connectivity index (χ4n) is 5.01. The van der Waals surface area contributed by atoms with E-state index in [0.717, 1.165) is 11.3 Å². The number of non-ortho nitro benzene ring substituents is 1. The molecule has 0 bridgehead atoms. The number of carbonyl (C=O) groups is 2. The zero-order chi connectivity index (χ0) is 24.5. The van der Waals surface area contributed by atoms with Gasteiger partial charge in [-0.3, -0.25) is 19.9 Å². The van der Waals surface area contributed by atoms with Crippen LogP contribution in [0.5, 0.6) is 0 Å². The first-order valence-corrected chi connectivity index (χ1v) is 11.4. The van der Waals surface area contributed by atoms with Gasteiger partial charge in [0.05, 0.1) is 23.0 Å². The molecule has 0 saturated heterocycles. The van der Waals surface area contributed by atoms with E-state index in [1.807, 2.05) is 44.2 Å². The number of Topliss-reactive ketones (excluding diaryl/α,β-unsaturated/α-hetero) is 1. The summed E-state index contributed by atoms with van der Waals surface area (Å²) in [6, 6.07) is 15.8. The predicted molar refractivity (Wildman–Crippen MR) is 129 cm³/mol. The standard InChI is InChI=1S/C27H28N2O5/c1-17-23(26(31)34-14-13-18-7-5-4-6-8-18)24(19-9-11-20(12-10-19)29(32)33)25-21(28-17)15-27(2,3)16-22(25)30/h4-12,24-25H,13-16H2,1-3H3. The van der Waals surface area contributed by atoms with Gasteiger partial charge in [-0.1, -0.05) is 56.3 Å². The van der Waals surface area contributed by atoms with Gasteiger partial charge >= 0.3 is 5.97 Å². The lowest BCUT2D eigenvalue weighted by atomic mass is 9.63. The lowest BCUT2D eigenvalue weighted by Gasteiger charge is -2.41. The van der Waals surface area contributed by atoms with Gasteiger partial charge < -0.3 is 4.74 Å². The minimum absolute atomic E-state index is 0.0282. The molecule has 2 aliphatic rings. The highest BCUT2D eigenvalue weighted by molar-refractivity contribution is 6.12. The summed E-state index contributed by atoms with van der Waals surface area (Å²) in [6.07, 6.45) is 1.61. The zero-order valence-corrected chi connectivity index (χ0v) is 19.6. The second-order valence-corrected chi connectivity index (χ2v) is 9.76. The smallest absolute Gasteiger partial charge is 0.336 e. The average molecular weight is 461 g/mol. The van der Waals surface area contributed by atoms with Crippen molar-refractivity contribution in [2.45, 2.75) is 46.0 Å². The molecule has 1 saturated carbocycles. The van der Waals surface area contributed by atoms with Crippen molar-refractivity contribution < 1.29 is 19.2 Å². The highest BCUT2D eigenvalue weighted by atomic mass is 16.6. The van der Waals surface area contributed by atoms with E-state index in [4.69, 9.17) is 9.73 Å². The number of nitrogens with zero attached hydrogens (tertiary/aromatic N) is 2. The molecule has 0 aromatic heterocycles. The normalized spacial score (nSPS) is 21.5. The van der Waals surface area contributed by atoms with Crippen LogP contribution in [0.2, 0.25) is 0 Å².